The van der Waals surface area contributed by atoms with Gasteiger partial charge in [-0.25, -0.2) is 8.42 Å². The molecule has 158 valence electrons. The first-order valence-corrected chi connectivity index (χ1v) is 11.6. The van der Waals surface area contributed by atoms with E-state index in [2.05, 4.69) is 0 Å². The number of carbonyl (C=O) groups excluding carboxylic acids is 1. The second-order valence-electron chi connectivity index (χ2n) is 7.79. The van der Waals surface area contributed by atoms with Crippen molar-refractivity contribution < 1.29 is 17.9 Å². The van der Waals surface area contributed by atoms with Crippen LogP contribution < -0.4 is 13.9 Å². The highest BCUT2D eigenvalue weighted by Gasteiger charge is 2.40. The fourth-order valence-electron chi connectivity index (χ4n) is 4.14. The molecule has 0 bridgehead atoms. The first kappa shape index (κ1) is 19.6. The van der Waals surface area contributed by atoms with Gasteiger partial charge >= 0.3 is 0 Å². The van der Waals surface area contributed by atoms with Crippen LogP contribution >= 0.6 is 0 Å². The van der Waals surface area contributed by atoms with Gasteiger partial charge in [-0.15, -0.1) is 0 Å². The van der Waals surface area contributed by atoms with Gasteiger partial charge in [0.05, 0.1) is 17.1 Å². The Morgan fingerprint density at radius 1 is 0.935 bits per heavy atom. The molecule has 0 spiro atoms. The van der Waals surface area contributed by atoms with E-state index in [0.717, 1.165) is 23.2 Å². The quantitative estimate of drug-likeness (QED) is 0.632. The van der Waals surface area contributed by atoms with Gasteiger partial charge in [-0.2, -0.15) is 0 Å². The second kappa shape index (κ2) is 7.42. The number of benzene rings is 3. The van der Waals surface area contributed by atoms with Crippen molar-refractivity contribution in [2.45, 2.75) is 24.3 Å². The summed E-state index contributed by atoms with van der Waals surface area (Å²) >= 11 is 0. The number of fused-ring (bicyclic) bond motifs is 2. The maximum absolute atomic E-state index is 13.5. The van der Waals surface area contributed by atoms with E-state index in [1.165, 1.54) is 4.31 Å². The molecule has 3 aromatic rings. The summed E-state index contributed by atoms with van der Waals surface area (Å²) in [6, 6.07) is 21.4. The number of carbonyl (C=O) groups is 1. The van der Waals surface area contributed by atoms with Gasteiger partial charge in [0.1, 0.15) is 5.75 Å². The van der Waals surface area contributed by atoms with Gasteiger partial charge in [-0.3, -0.25) is 9.10 Å². The number of hydrogen-bond donors (Lipinski definition) is 0. The number of para-hydroxylation sites is 3. The van der Waals surface area contributed by atoms with Crippen molar-refractivity contribution in [3.8, 4) is 5.75 Å². The molecule has 0 saturated carbocycles. The maximum Gasteiger partial charge on any atom is 0.269 e. The first-order chi connectivity index (χ1) is 14.9. The number of rotatable bonds is 3. The van der Waals surface area contributed by atoms with Gasteiger partial charge in [0.2, 0.25) is 0 Å². The lowest BCUT2D eigenvalue weighted by Crippen LogP contribution is -2.51. The average Bonchev–Trinajstić information content (AvgIpc) is 3.22. The number of hydrogen-bond acceptors (Lipinski definition) is 4. The molecule has 31 heavy (non-hydrogen) atoms. The van der Waals surface area contributed by atoms with Crippen LogP contribution in [0.2, 0.25) is 0 Å². The first-order valence-electron chi connectivity index (χ1n) is 10.2. The van der Waals surface area contributed by atoms with Crippen molar-refractivity contribution in [2.24, 2.45) is 0 Å². The molecule has 0 saturated heterocycles. The average molecular weight is 435 g/mol. The highest BCUT2D eigenvalue weighted by atomic mass is 32.2. The van der Waals surface area contributed by atoms with Crippen LogP contribution in [0.25, 0.3) is 0 Å². The molecular formula is C24H22N2O4S. The van der Waals surface area contributed by atoms with Crippen LogP contribution in [-0.4, -0.2) is 33.5 Å². The normalized spacial score (nSPS) is 17.6. The van der Waals surface area contributed by atoms with Crippen molar-refractivity contribution in [2.75, 3.05) is 22.3 Å². The predicted octanol–water partition coefficient (Wildman–Crippen LogP) is 3.54. The second-order valence-corrected chi connectivity index (χ2v) is 9.65. The lowest BCUT2D eigenvalue weighted by Gasteiger charge is -2.36. The molecule has 5 rings (SSSR count). The van der Waals surface area contributed by atoms with Crippen LogP contribution in [0.15, 0.2) is 77.7 Å². The topological polar surface area (TPSA) is 66.9 Å². The number of anilines is 2. The molecular weight excluding hydrogens is 412 g/mol. The van der Waals surface area contributed by atoms with Crippen molar-refractivity contribution in [1.82, 2.24) is 0 Å². The Labute approximate surface area is 181 Å². The van der Waals surface area contributed by atoms with E-state index in [-0.39, 0.29) is 17.3 Å². The van der Waals surface area contributed by atoms with Gasteiger partial charge in [0, 0.05) is 12.2 Å². The molecule has 7 heteroatoms. The molecule has 0 unspecified atom stereocenters. The zero-order valence-corrected chi connectivity index (χ0v) is 17.9. The molecule has 2 heterocycles. The van der Waals surface area contributed by atoms with E-state index in [1.807, 2.05) is 31.2 Å². The zero-order valence-electron chi connectivity index (χ0n) is 17.1. The summed E-state index contributed by atoms with van der Waals surface area (Å²) < 4.78 is 34.3. The zero-order chi connectivity index (χ0) is 21.6. The van der Waals surface area contributed by atoms with Crippen molar-refractivity contribution in [1.29, 1.82) is 0 Å². The van der Waals surface area contributed by atoms with Crippen molar-refractivity contribution >= 4 is 27.3 Å². The minimum Gasteiger partial charge on any atom is -0.476 e. The molecule has 1 atom stereocenters. The smallest absolute Gasteiger partial charge is 0.269 e. The predicted molar refractivity (Wildman–Crippen MR) is 119 cm³/mol. The van der Waals surface area contributed by atoms with Crippen LogP contribution in [0.3, 0.4) is 0 Å². The SMILES string of the molecule is Cc1ccc(S(=O)(=O)N2C[C@H](C(=O)N3CCc4ccccc43)Oc3ccccc32)cc1. The Balaban J connectivity index is 1.51. The molecule has 0 radical (unpaired) electrons. The third-order valence-electron chi connectivity index (χ3n) is 5.77. The number of nitrogens with zero attached hydrogens (tertiary/aromatic N) is 2. The number of amides is 1. The summed E-state index contributed by atoms with van der Waals surface area (Å²) in [6.45, 7) is 2.39. The molecule has 0 N–H and O–H groups in total. The van der Waals surface area contributed by atoms with Crippen LogP contribution in [-0.2, 0) is 21.2 Å². The van der Waals surface area contributed by atoms with E-state index >= 15 is 0 Å². The lowest BCUT2D eigenvalue weighted by atomic mass is 10.1. The summed E-state index contributed by atoms with van der Waals surface area (Å²) in [5.41, 5.74) is 3.38. The van der Waals surface area contributed by atoms with E-state index < -0.39 is 16.1 Å². The number of aryl methyl sites for hydroxylation is 1. The third-order valence-corrected chi connectivity index (χ3v) is 7.57. The van der Waals surface area contributed by atoms with Gasteiger partial charge < -0.3 is 9.64 Å². The van der Waals surface area contributed by atoms with Crippen molar-refractivity contribution in [3.63, 3.8) is 0 Å². The van der Waals surface area contributed by atoms with Gasteiger partial charge in [0.15, 0.2) is 6.10 Å². The van der Waals surface area contributed by atoms with Crippen LogP contribution in [0, 0.1) is 6.92 Å². The van der Waals surface area contributed by atoms with E-state index in [9.17, 15) is 13.2 Å². The standard InChI is InChI=1S/C24H22N2O4S/c1-17-10-12-19(13-11-17)31(28,29)26-16-23(30-22-9-5-4-8-21(22)26)24(27)25-15-14-18-6-2-3-7-20(18)25/h2-13,23H,14-16H2,1H3/t23-/m1/s1. The molecule has 2 aliphatic rings. The van der Waals surface area contributed by atoms with Crippen LogP contribution in [0.1, 0.15) is 11.1 Å². The Bertz CT molecular complexity index is 1250. The van der Waals surface area contributed by atoms with Crippen molar-refractivity contribution in [3.05, 3.63) is 83.9 Å². The fourth-order valence-corrected chi connectivity index (χ4v) is 5.61. The fraction of sp³-hybridized carbons (Fsp3) is 0.208. The maximum atomic E-state index is 13.5. The third kappa shape index (κ3) is 3.35. The van der Waals surface area contributed by atoms with Gasteiger partial charge in [-0.05, 0) is 49.2 Å². The largest absolute Gasteiger partial charge is 0.476 e. The van der Waals surface area contributed by atoms with Crippen LogP contribution in [0.4, 0.5) is 11.4 Å². The monoisotopic (exact) mass is 434 g/mol. The minimum atomic E-state index is -3.86. The molecule has 2 aliphatic heterocycles. The molecule has 1 amide bonds. The molecule has 0 aliphatic carbocycles. The van der Waals surface area contributed by atoms with E-state index in [1.54, 1.807) is 53.4 Å². The summed E-state index contributed by atoms with van der Waals surface area (Å²) in [6.07, 6.45) is -0.155. The van der Waals surface area contributed by atoms with E-state index in [0.29, 0.717) is 18.0 Å². The summed E-state index contributed by atoms with van der Waals surface area (Å²) in [4.78, 5) is 15.3. The lowest BCUT2D eigenvalue weighted by molar-refractivity contribution is -0.125. The number of ether oxygens (including phenoxy) is 1. The molecule has 0 aromatic heterocycles. The summed E-state index contributed by atoms with van der Waals surface area (Å²) in [7, 11) is -3.86. The van der Waals surface area contributed by atoms with E-state index in [4.69, 9.17) is 4.74 Å². The Kier molecular flexibility index (Phi) is 4.70. The van der Waals surface area contributed by atoms with Crippen LogP contribution in [0.5, 0.6) is 5.75 Å². The Morgan fingerprint density at radius 3 is 2.39 bits per heavy atom. The molecule has 0 fully saturated rings. The Hall–Kier alpha value is -3.32. The van der Waals surface area contributed by atoms with Gasteiger partial charge in [0.25, 0.3) is 15.9 Å². The summed E-state index contributed by atoms with van der Waals surface area (Å²) in [5.74, 6) is 0.152. The number of sulfonamides is 1. The molecule has 6 nitrogen and oxygen atoms in total. The molecule has 3 aromatic carbocycles. The Morgan fingerprint density at radius 2 is 1.61 bits per heavy atom. The highest BCUT2D eigenvalue weighted by molar-refractivity contribution is 7.92. The highest BCUT2D eigenvalue weighted by Crippen LogP contribution is 2.38. The summed E-state index contributed by atoms with van der Waals surface area (Å²) in [5, 5.41) is 0. The minimum absolute atomic E-state index is 0.0786. The van der Waals surface area contributed by atoms with Gasteiger partial charge in [-0.1, -0.05) is 48.0 Å².